The van der Waals surface area contributed by atoms with Crippen molar-refractivity contribution in [1.82, 2.24) is 0 Å². The van der Waals surface area contributed by atoms with E-state index in [1.165, 1.54) is 18.2 Å². The summed E-state index contributed by atoms with van der Waals surface area (Å²) in [5.74, 6) is 0.358. The Labute approximate surface area is 193 Å². The van der Waals surface area contributed by atoms with Gasteiger partial charge in [-0.25, -0.2) is 0 Å². The number of methoxy groups -OCH3 is 3. The molecule has 0 heterocycles. The van der Waals surface area contributed by atoms with Crippen molar-refractivity contribution in [1.29, 1.82) is 0 Å². The highest BCUT2D eigenvalue weighted by Gasteiger charge is 2.18. The van der Waals surface area contributed by atoms with Gasteiger partial charge in [0.25, 0.3) is 0 Å². The number of ether oxygens (including phenoxy) is 7. The first-order chi connectivity index (χ1) is 16.1. The zero-order chi connectivity index (χ0) is 23.9. The zero-order valence-corrected chi connectivity index (χ0v) is 19.1. The summed E-state index contributed by atoms with van der Waals surface area (Å²) < 4.78 is 36.6. The first kappa shape index (κ1) is 26.1. The third kappa shape index (κ3) is 9.11. The molecule has 2 aromatic rings. The van der Waals surface area contributed by atoms with Crippen LogP contribution in [-0.4, -0.2) is 72.2 Å². The van der Waals surface area contributed by atoms with Crippen molar-refractivity contribution in [3.8, 4) is 23.0 Å². The minimum Gasteiger partial charge on any atom is -0.507 e. The van der Waals surface area contributed by atoms with Crippen molar-refractivity contribution in [3.63, 3.8) is 0 Å². The molecule has 0 amide bonds. The molecule has 9 heteroatoms. The van der Waals surface area contributed by atoms with E-state index >= 15 is 0 Å². The Kier molecular flexibility index (Phi) is 11.8. The highest BCUT2D eigenvalue weighted by Crippen LogP contribution is 2.34. The number of carbonyl (C=O) groups is 1. The van der Waals surface area contributed by atoms with Gasteiger partial charge in [0.1, 0.15) is 28.6 Å². The standard InChI is InChI=1S/C24H30O9/c1-27-10-12-30-16-32-20-14-22(26)24(23(15-20)33-17-31-13-11-28-2)21(25)9-6-18-4-7-19(29-3)8-5-18/h4-9,14-15,26H,10-13,16-17H2,1-3H3/b9-6+. The summed E-state index contributed by atoms with van der Waals surface area (Å²) in [5, 5.41) is 10.5. The van der Waals surface area contributed by atoms with Crippen LogP contribution in [0.25, 0.3) is 6.08 Å². The third-order valence-corrected chi connectivity index (χ3v) is 4.31. The van der Waals surface area contributed by atoms with Crippen LogP contribution in [0.4, 0.5) is 0 Å². The molecular formula is C24H30O9. The predicted molar refractivity (Wildman–Crippen MR) is 121 cm³/mol. The lowest BCUT2D eigenvalue weighted by molar-refractivity contribution is -0.0119. The van der Waals surface area contributed by atoms with Crippen molar-refractivity contribution in [3.05, 3.63) is 53.6 Å². The van der Waals surface area contributed by atoms with Crippen molar-refractivity contribution in [2.24, 2.45) is 0 Å². The summed E-state index contributed by atoms with van der Waals surface area (Å²) in [7, 11) is 4.71. The van der Waals surface area contributed by atoms with Crippen LogP contribution in [0.5, 0.6) is 23.0 Å². The summed E-state index contributed by atoms with van der Waals surface area (Å²) in [4.78, 5) is 12.9. The Bertz CT molecular complexity index is 878. The Morgan fingerprint density at radius 2 is 1.48 bits per heavy atom. The number of aromatic hydroxyl groups is 1. The van der Waals surface area contributed by atoms with Gasteiger partial charge in [0.15, 0.2) is 19.4 Å². The van der Waals surface area contributed by atoms with Gasteiger partial charge in [0.2, 0.25) is 0 Å². The maximum atomic E-state index is 12.9. The summed E-state index contributed by atoms with van der Waals surface area (Å²) in [6.07, 6.45) is 2.98. The number of hydrogen-bond donors (Lipinski definition) is 1. The molecule has 1 N–H and O–H groups in total. The van der Waals surface area contributed by atoms with Gasteiger partial charge in [0.05, 0.1) is 33.5 Å². The van der Waals surface area contributed by atoms with Crippen LogP contribution in [0.2, 0.25) is 0 Å². The van der Waals surface area contributed by atoms with Gasteiger partial charge >= 0.3 is 0 Å². The molecule has 0 radical (unpaired) electrons. The second kappa shape index (κ2) is 14.9. The van der Waals surface area contributed by atoms with Crippen molar-refractivity contribution in [2.75, 3.05) is 61.3 Å². The molecule has 180 valence electrons. The molecule has 0 saturated heterocycles. The Morgan fingerprint density at radius 1 is 0.848 bits per heavy atom. The molecule has 0 saturated carbocycles. The molecule has 0 spiro atoms. The lowest BCUT2D eigenvalue weighted by Crippen LogP contribution is -2.11. The number of hydrogen-bond acceptors (Lipinski definition) is 9. The molecule has 0 atom stereocenters. The average molecular weight is 462 g/mol. The number of benzene rings is 2. The summed E-state index contributed by atoms with van der Waals surface area (Å²) in [5.41, 5.74) is 0.782. The molecule has 0 bridgehead atoms. The molecule has 0 aliphatic carbocycles. The SMILES string of the molecule is COCCOCOc1cc(O)c(C(=O)/C=C/c2ccc(OC)cc2)c(OCOCCOC)c1. The molecule has 0 fully saturated rings. The van der Waals surface area contributed by atoms with Gasteiger partial charge in [-0.3, -0.25) is 4.79 Å². The van der Waals surface area contributed by atoms with E-state index < -0.39 is 5.78 Å². The minimum absolute atomic E-state index is 0.0113. The van der Waals surface area contributed by atoms with Crippen LogP contribution < -0.4 is 14.2 Å². The highest BCUT2D eigenvalue weighted by molar-refractivity contribution is 6.10. The molecule has 33 heavy (non-hydrogen) atoms. The van der Waals surface area contributed by atoms with E-state index in [-0.39, 0.29) is 36.4 Å². The van der Waals surface area contributed by atoms with Crippen LogP contribution in [-0.2, 0) is 18.9 Å². The van der Waals surface area contributed by atoms with Crippen LogP contribution in [0.1, 0.15) is 15.9 Å². The average Bonchev–Trinajstić information content (AvgIpc) is 2.82. The van der Waals surface area contributed by atoms with E-state index in [1.54, 1.807) is 39.5 Å². The fraction of sp³-hybridized carbons (Fsp3) is 0.375. The monoisotopic (exact) mass is 462 g/mol. The summed E-state index contributed by atoms with van der Waals surface area (Å²) in [6, 6.07) is 10.0. The van der Waals surface area contributed by atoms with E-state index in [0.29, 0.717) is 32.2 Å². The van der Waals surface area contributed by atoms with Crippen LogP contribution >= 0.6 is 0 Å². The first-order valence-electron chi connectivity index (χ1n) is 10.2. The van der Waals surface area contributed by atoms with Crippen LogP contribution in [0.3, 0.4) is 0 Å². The Hall–Kier alpha value is -3.11. The topological polar surface area (TPSA) is 102 Å². The van der Waals surface area contributed by atoms with E-state index in [1.807, 2.05) is 12.1 Å². The number of carbonyl (C=O) groups excluding carboxylic acids is 1. The van der Waals surface area contributed by atoms with Crippen LogP contribution in [0, 0.1) is 0 Å². The normalized spacial score (nSPS) is 11.0. The lowest BCUT2D eigenvalue weighted by Gasteiger charge is -2.14. The fourth-order valence-corrected chi connectivity index (χ4v) is 2.61. The van der Waals surface area contributed by atoms with E-state index in [9.17, 15) is 9.90 Å². The molecule has 0 unspecified atom stereocenters. The minimum atomic E-state index is -0.446. The largest absolute Gasteiger partial charge is 0.507 e. The molecule has 0 aromatic heterocycles. The second-order valence-electron chi connectivity index (χ2n) is 6.61. The van der Waals surface area contributed by atoms with Gasteiger partial charge in [-0.2, -0.15) is 0 Å². The lowest BCUT2D eigenvalue weighted by atomic mass is 10.1. The van der Waals surface area contributed by atoms with Gasteiger partial charge in [-0.05, 0) is 23.8 Å². The first-order valence-corrected chi connectivity index (χ1v) is 10.2. The maximum absolute atomic E-state index is 12.9. The van der Waals surface area contributed by atoms with Gasteiger partial charge in [-0.15, -0.1) is 0 Å². The highest BCUT2D eigenvalue weighted by atomic mass is 16.7. The third-order valence-electron chi connectivity index (χ3n) is 4.31. The fourth-order valence-electron chi connectivity index (χ4n) is 2.61. The van der Waals surface area contributed by atoms with E-state index in [2.05, 4.69) is 0 Å². The van der Waals surface area contributed by atoms with Crippen molar-refractivity contribution in [2.45, 2.75) is 0 Å². The summed E-state index contributed by atoms with van der Waals surface area (Å²) in [6.45, 7) is 1.29. The Morgan fingerprint density at radius 3 is 2.09 bits per heavy atom. The van der Waals surface area contributed by atoms with Crippen molar-refractivity contribution >= 4 is 11.9 Å². The molecular weight excluding hydrogens is 432 g/mol. The number of ketones is 1. The van der Waals surface area contributed by atoms with Gasteiger partial charge < -0.3 is 38.3 Å². The molecule has 9 nitrogen and oxygen atoms in total. The number of allylic oxidation sites excluding steroid dienone is 1. The van der Waals surface area contributed by atoms with Crippen LogP contribution in [0.15, 0.2) is 42.5 Å². The van der Waals surface area contributed by atoms with Crippen molar-refractivity contribution < 1.29 is 43.1 Å². The van der Waals surface area contributed by atoms with Gasteiger partial charge in [0, 0.05) is 26.4 Å². The molecule has 0 aliphatic heterocycles. The molecule has 0 aliphatic rings. The van der Waals surface area contributed by atoms with E-state index in [4.69, 9.17) is 33.2 Å². The quantitative estimate of drug-likeness (QED) is 0.174. The summed E-state index contributed by atoms with van der Waals surface area (Å²) >= 11 is 0. The number of phenols is 1. The number of phenolic OH excluding ortho intramolecular Hbond substituents is 1. The number of rotatable bonds is 16. The maximum Gasteiger partial charge on any atom is 0.193 e. The predicted octanol–water partition coefficient (Wildman–Crippen LogP) is 3.30. The van der Waals surface area contributed by atoms with E-state index in [0.717, 1.165) is 5.56 Å². The second-order valence-corrected chi connectivity index (χ2v) is 6.61. The zero-order valence-electron chi connectivity index (χ0n) is 19.1. The smallest absolute Gasteiger partial charge is 0.193 e. The molecule has 2 aromatic carbocycles. The molecule has 2 rings (SSSR count). The Balaban J connectivity index is 2.15. The van der Waals surface area contributed by atoms with Gasteiger partial charge in [-0.1, -0.05) is 18.2 Å².